The number of ketones is 1. The zero-order chi connectivity index (χ0) is 16.4. The molecule has 0 bridgehead atoms. The molecule has 0 amide bonds. The van der Waals surface area contributed by atoms with Crippen molar-refractivity contribution in [3.8, 4) is 0 Å². The predicted octanol–water partition coefficient (Wildman–Crippen LogP) is 5.09. The summed E-state index contributed by atoms with van der Waals surface area (Å²) in [6.07, 6.45) is 9.05. The molecule has 0 saturated carbocycles. The number of Topliss-reactive ketones (excluding diaryl/α,β-unsaturated/α-hetero) is 1. The van der Waals surface area contributed by atoms with Crippen LogP contribution in [-0.2, 0) is 4.79 Å². The maximum absolute atomic E-state index is 12.4. The summed E-state index contributed by atoms with van der Waals surface area (Å²) in [5.41, 5.74) is 0.803. The summed E-state index contributed by atoms with van der Waals surface area (Å²) in [6, 6.07) is 9.45. The van der Waals surface area contributed by atoms with Gasteiger partial charge < -0.3 is 5.11 Å². The van der Waals surface area contributed by atoms with E-state index in [9.17, 15) is 9.90 Å². The van der Waals surface area contributed by atoms with Gasteiger partial charge in [-0.2, -0.15) is 0 Å². The Labute approximate surface area is 135 Å². The summed E-state index contributed by atoms with van der Waals surface area (Å²) < 4.78 is 0. The summed E-state index contributed by atoms with van der Waals surface area (Å²) >= 11 is 0. The zero-order valence-electron chi connectivity index (χ0n) is 14.2. The number of rotatable bonds is 10. The van der Waals surface area contributed by atoms with Crippen LogP contribution in [0.4, 0.5) is 0 Å². The maximum Gasteiger partial charge on any atom is 0.145 e. The van der Waals surface area contributed by atoms with Crippen molar-refractivity contribution in [2.75, 3.05) is 0 Å². The van der Waals surface area contributed by atoms with Gasteiger partial charge in [0.25, 0.3) is 0 Å². The van der Waals surface area contributed by atoms with E-state index in [1.807, 2.05) is 50.3 Å². The van der Waals surface area contributed by atoms with Gasteiger partial charge in [-0.25, -0.2) is 0 Å². The average Bonchev–Trinajstić information content (AvgIpc) is 2.54. The van der Waals surface area contributed by atoms with Crippen LogP contribution in [0.15, 0.2) is 42.5 Å². The van der Waals surface area contributed by atoms with Crippen molar-refractivity contribution in [1.82, 2.24) is 0 Å². The molecule has 1 N–H and O–H groups in total. The van der Waals surface area contributed by atoms with Gasteiger partial charge in [0.15, 0.2) is 0 Å². The van der Waals surface area contributed by atoms with Crippen LogP contribution in [0.25, 0.3) is 0 Å². The first-order chi connectivity index (χ1) is 10.6. The van der Waals surface area contributed by atoms with Gasteiger partial charge in [0.2, 0.25) is 0 Å². The summed E-state index contributed by atoms with van der Waals surface area (Å²) in [6.45, 7) is 5.98. The van der Waals surface area contributed by atoms with E-state index in [0.29, 0.717) is 0 Å². The molecule has 2 atom stereocenters. The number of allylic oxidation sites excluding steroid dienone is 1. The highest BCUT2D eigenvalue weighted by Crippen LogP contribution is 2.26. The molecule has 122 valence electrons. The minimum absolute atomic E-state index is 0.0758. The molecule has 1 aromatic carbocycles. The first kappa shape index (κ1) is 18.6. The van der Waals surface area contributed by atoms with Crippen molar-refractivity contribution in [1.29, 1.82) is 0 Å². The minimum atomic E-state index is -0.761. The highest BCUT2D eigenvalue weighted by Gasteiger charge is 2.27. The lowest BCUT2D eigenvalue weighted by Gasteiger charge is -2.21. The number of unbranched alkanes of at least 4 members (excludes halogenated alkanes) is 4. The predicted molar refractivity (Wildman–Crippen MR) is 92.6 cm³/mol. The first-order valence-corrected chi connectivity index (χ1v) is 8.51. The quantitative estimate of drug-likeness (QED) is 0.483. The molecule has 0 aliphatic rings. The molecule has 0 spiro atoms. The summed E-state index contributed by atoms with van der Waals surface area (Å²) in [5.74, 6) is -0.428. The Kier molecular flexibility index (Phi) is 8.76. The molecule has 22 heavy (non-hydrogen) atoms. The number of aliphatic hydroxyl groups excluding tert-OH is 1. The fraction of sp³-hybridized carbons (Fsp3) is 0.550. The second kappa shape index (κ2) is 10.3. The minimum Gasteiger partial charge on any atom is -0.387 e. The monoisotopic (exact) mass is 302 g/mol. The van der Waals surface area contributed by atoms with Crippen LogP contribution in [0.3, 0.4) is 0 Å². The lowest BCUT2D eigenvalue weighted by atomic mass is 9.86. The van der Waals surface area contributed by atoms with Crippen molar-refractivity contribution in [3.63, 3.8) is 0 Å². The van der Waals surface area contributed by atoms with E-state index in [2.05, 4.69) is 13.0 Å². The average molecular weight is 302 g/mol. The molecular formula is C20H30O2. The lowest BCUT2D eigenvalue weighted by Crippen LogP contribution is -2.24. The van der Waals surface area contributed by atoms with Crippen molar-refractivity contribution in [2.45, 2.75) is 59.0 Å². The van der Waals surface area contributed by atoms with Crippen molar-refractivity contribution >= 4 is 5.78 Å². The Balaban J connectivity index is 2.72. The number of hydrogen-bond acceptors (Lipinski definition) is 2. The van der Waals surface area contributed by atoms with E-state index < -0.39 is 12.0 Å². The molecule has 0 saturated heterocycles. The molecular weight excluding hydrogens is 272 g/mol. The van der Waals surface area contributed by atoms with Gasteiger partial charge in [0.05, 0.1) is 12.0 Å². The van der Waals surface area contributed by atoms with Gasteiger partial charge in [-0.1, -0.05) is 82.5 Å². The van der Waals surface area contributed by atoms with Crippen molar-refractivity contribution in [3.05, 3.63) is 48.0 Å². The lowest BCUT2D eigenvalue weighted by molar-refractivity contribution is -0.127. The highest BCUT2D eigenvalue weighted by atomic mass is 16.3. The summed E-state index contributed by atoms with van der Waals surface area (Å²) in [4.78, 5) is 12.4. The van der Waals surface area contributed by atoms with Gasteiger partial charge in [0.1, 0.15) is 5.78 Å². The topological polar surface area (TPSA) is 37.3 Å². The molecule has 2 heteroatoms. The zero-order valence-corrected chi connectivity index (χ0v) is 14.2. The number of hydrogen-bond donors (Lipinski definition) is 1. The molecule has 0 fully saturated rings. The summed E-state index contributed by atoms with van der Waals surface area (Å²) in [5, 5.41) is 10.6. The molecule has 0 radical (unpaired) electrons. The second-order valence-corrected chi connectivity index (χ2v) is 6.22. The third-order valence-electron chi connectivity index (χ3n) is 3.95. The molecule has 1 rings (SSSR count). The molecule has 1 aromatic rings. The molecule has 0 heterocycles. The summed E-state index contributed by atoms with van der Waals surface area (Å²) in [7, 11) is 0. The molecule has 0 aliphatic heterocycles. The third kappa shape index (κ3) is 6.15. The second-order valence-electron chi connectivity index (χ2n) is 6.22. The van der Waals surface area contributed by atoms with E-state index in [4.69, 9.17) is 0 Å². The highest BCUT2D eigenvalue weighted by molar-refractivity contribution is 5.85. The molecule has 2 unspecified atom stereocenters. The number of carbonyl (C=O) groups excluding carboxylic acids is 1. The largest absolute Gasteiger partial charge is 0.387 e. The van der Waals surface area contributed by atoms with Gasteiger partial charge >= 0.3 is 0 Å². The van der Waals surface area contributed by atoms with Crippen LogP contribution >= 0.6 is 0 Å². The van der Waals surface area contributed by atoms with Crippen LogP contribution in [-0.4, -0.2) is 10.9 Å². The van der Waals surface area contributed by atoms with Crippen LogP contribution in [0, 0.1) is 11.8 Å². The molecule has 2 nitrogen and oxygen atoms in total. The van der Waals surface area contributed by atoms with Crippen LogP contribution in [0.1, 0.15) is 64.5 Å². The van der Waals surface area contributed by atoms with Crippen molar-refractivity contribution in [2.24, 2.45) is 11.8 Å². The Morgan fingerprint density at radius 3 is 2.41 bits per heavy atom. The van der Waals surface area contributed by atoms with Crippen molar-refractivity contribution < 1.29 is 9.90 Å². The Hall–Kier alpha value is -1.41. The van der Waals surface area contributed by atoms with Crippen LogP contribution in [0.5, 0.6) is 0 Å². The number of aliphatic hydroxyl groups is 1. The molecule has 0 aliphatic carbocycles. The SMILES string of the molecule is CCCCCC/C=C/C(C(=O)C(C)C)C(O)c1ccccc1. The van der Waals surface area contributed by atoms with Gasteiger partial charge in [-0.3, -0.25) is 4.79 Å². The number of benzene rings is 1. The van der Waals surface area contributed by atoms with E-state index in [1.165, 1.54) is 19.3 Å². The Morgan fingerprint density at radius 2 is 1.82 bits per heavy atom. The third-order valence-corrected chi connectivity index (χ3v) is 3.95. The maximum atomic E-state index is 12.4. The van der Waals surface area contributed by atoms with E-state index >= 15 is 0 Å². The Bertz CT molecular complexity index is 448. The standard InChI is InChI=1S/C20H30O2/c1-4-5-6-7-8-12-15-18(19(21)16(2)3)20(22)17-13-10-9-11-14-17/h9-16,18,20,22H,4-8H2,1-3H3/b15-12+. The van der Waals surface area contributed by atoms with E-state index in [-0.39, 0.29) is 11.7 Å². The number of carbonyl (C=O) groups is 1. The van der Waals surface area contributed by atoms with E-state index in [0.717, 1.165) is 18.4 Å². The Morgan fingerprint density at radius 1 is 1.14 bits per heavy atom. The van der Waals surface area contributed by atoms with Gasteiger partial charge in [0, 0.05) is 5.92 Å². The normalized spacial score (nSPS) is 14.4. The fourth-order valence-corrected chi connectivity index (χ4v) is 2.53. The molecule has 0 aromatic heterocycles. The smallest absolute Gasteiger partial charge is 0.145 e. The first-order valence-electron chi connectivity index (χ1n) is 8.51. The van der Waals surface area contributed by atoms with Gasteiger partial charge in [-0.15, -0.1) is 0 Å². The van der Waals surface area contributed by atoms with E-state index in [1.54, 1.807) is 0 Å². The van der Waals surface area contributed by atoms with Gasteiger partial charge in [-0.05, 0) is 18.4 Å². The van der Waals surface area contributed by atoms with Crippen LogP contribution in [0.2, 0.25) is 0 Å². The van der Waals surface area contributed by atoms with Crippen LogP contribution < -0.4 is 0 Å². The fourth-order valence-electron chi connectivity index (χ4n) is 2.53.